The highest BCUT2D eigenvalue weighted by atomic mass is 16.3. The lowest BCUT2D eigenvalue weighted by Crippen LogP contribution is -2.55. The van der Waals surface area contributed by atoms with Crippen LogP contribution in [0.3, 0.4) is 0 Å². The van der Waals surface area contributed by atoms with E-state index in [9.17, 15) is 5.11 Å². The van der Waals surface area contributed by atoms with Crippen LogP contribution in [0, 0.1) is 11.8 Å². The van der Waals surface area contributed by atoms with Crippen molar-refractivity contribution in [2.45, 2.75) is 26.3 Å². The summed E-state index contributed by atoms with van der Waals surface area (Å²) in [6, 6.07) is 10.8. The number of benzene rings is 1. The standard InChI is InChI=1S/C15H23NO/c1-12(2)14-9-16(10-14)15(11-17)8-13-6-4-3-5-7-13/h3-7,12,14-15,17H,8-11H2,1-2H3. The summed E-state index contributed by atoms with van der Waals surface area (Å²) in [5.74, 6) is 1.59. The summed E-state index contributed by atoms with van der Waals surface area (Å²) in [5.41, 5.74) is 1.32. The van der Waals surface area contributed by atoms with E-state index < -0.39 is 0 Å². The first-order valence-electron chi connectivity index (χ1n) is 6.59. The average Bonchev–Trinajstić information content (AvgIpc) is 2.26. The minimum absolute atomic E-state index is 0.264. The first kappa shape index (κ1) is 12.6. The summed E-state index contributed by atoms with van der Waals surface area (Å²) < 4.78 is 0. The van der Waals surface area contributed by atoms with Gasteiger partial charge in [0.05, 0.1) is 6.61 Å². The van der Waals surface area contributed by atoms with Gasteiger partial charge in [-0.3, -0.25) is 4.90 Å². The first-order chi connectivity index (χ1) is 8.20. The van der Waals surface area contributed by atoms with Crippen molar-refractivity contribution >= 4 is 0 Å². The first-order valence-corrected chi connectivity index (χ1v) is 6.59. The van der Waals surface area contributed by atoms with Crippen molar-refractivity contribution in [2.75, 3.05) is 19.7 Å². The number of likely N-dealkylation sites (tertiary alicyclic amines) is 1. The SMILES string of the molecule is CC(C)C1CN(C(CO)Cc2ccccc2)C1. The van der Waals surface area contributed by atoms with E-state index in [-0.39, 0.29) is 6.61 Å². The molecule has 0 spiro atoms. The largest absolute Gasteiger partial charge is 0.395 e. The minimum atomic E-state index is 0.264. The number of rotatable bonds is 5. The molecule has 1 aromatic rings. The van der Waals surface area contributed by atoms with Gasteiger partial charge in [0.15, 0.2) is 0 Å². The van der Waals surface area contributed by atoms with Crippen LogP contribution in [0.25, 0.3) is 0 Å². The van der Waals surface area contributed by atoms with Crippen LogP contribution in [0.5, 0.6) is 0 Å². The number of hydrogen-bond donors (Lipinski definition) is 1. The Bertz CT molecular complexity index is 330. The summed E-state index contributed by atoms with van der Waals surface area (Å²) >= 11 is 0. The van der Waals surface area contributed by atoms with Crippen molar-refractivity contribution in [3.05, 3.63) is 35.9 Å². The fraction of sp³-hybridized carbons (Fsp3) is 0.600. The molecule has 94 valence electrons. The van der Waals surface area contributed by atoms with Crippen molar-refractivity contribution in [3.63, 3.8) is 0 Å². The summed E-state index contributed by atoms with van der Waals surface area (Å²) in [4.78, 5) is 2.41. The fourth-order valence-electron chi connectivity index (χ4n) is 2.46. The lowest BCUT2D eigenvalue weighted by molar-refractivity contribution is 0.00513. The van der Waals surface area contributed by atoms with Crippen LogP contribution in [-0.4, -0.2) is 35.7 Å². The number of aliphatic hydroxyl groups excluding tert-OH is 1. The van der Waals surface area contributed by atoms with Crippen molar-refractivity contribution in [2.24, 2.45) is 11.8 Å². The van der Waals surface area contributed by atoms with E-state index in [0.717, 1.165) is 31.3 Å². The van der Waals surface area contributed by atoms with E-state index in [0.29, 0.717) is 6.04 Å². The Morgan fingerprint density at radius 2 is 1.88 bits per heavy atom. The lowest BCUT2D eigenvalue weighted by Gasteiger charge is -2.45. The third-order valence-corrected chi connectivity index (χ3v) is 3.92. The predicted molar refractivity (Wildman–Crippen MR) is 70.9 cm³/mol. The zero-order chi connectivity index (χ0) is 12.3. The Morgan fingerprint density at radius 3 is 2.41 bits per heavy atom. The molecule has 1 aliphatic rings. The lowest BCUT2D eigenvalue weighted by atomic mass is 9.86. The second-order valence-corrected chi connectivity index (χ2v) is 5.48. The molecule has 0 aliphatic carbocycles. The molecular formula is C15H23NO. The quantitative estimate of drug-likeness (QED) is 0.842. The van der Waals surface area contributed by atoms with E-state index in [2.05, 4.69) is 43.0 Å². The topological polar surface area (TPSA) is 23.5 Å². The smallest absolute Gasteiger partial charge is 0.0590 e. The molecule has 0 radical (unpaired) electrons. The van der Waals surface area contributed by atoms with Crippen molar-refractivity contribution in [1.29, 1.82) is 0 Å². The monoisotopic (exact) mass is 233 g/mol. The third-order valence-electron chi connectivity index (χ3n) is 3.92. The Kier molecular flexibility index (Phi) is 4.19. The molecule has 1 heterocycles. The van der Waals surface area contributed by atoms with Gasteiger partial charge >= 0.3 is 0 Å². The second-order valence-electron chi connectivity index (χ2n) is 5.48. The summed E-state index contributed by atoms with van der Waals surface area (Å²) in [6.07, 6.45) is 0.960. The molecule has 1 unspecified atom stereocenters. The molecular weight excluding hydrogens is 210 g/mol. The molecule has 2 heteroatoms. The van der Waals surface area contributed by atoms with Gasteiger partial charge in [0.1, 0.15) is 0 Å². The molecule has 2 nitrogen and oxygen atoms in total. The molecule has 1 aliphatic heterocycles. The van der Waals surface area contributed by atoms with Crippen LogP contribution in [-0.2, 0) is 6.42 Å². The maximum Gasteiger partial charge on any atom is 0.0590 e. The Labute approximate surface area is 104 Å². The van der Waals surface area contributed by atoms with Crippen LogP contribution in [0.4, 0.5) is 0 Å². The highest BCUT2D eigenvalue weighted by Gasteiger charge is 2.33. The molecule has 0 amide bonds. The van der Waals surface area contributed by atoms with Gasteiger partial charge in [-0.05, 0) is 23.8 Å². The number of aliphatic hydroxyl groups is 1. The van der Waals surface area contributed by atoms with Gasteiger partial charge in [-0.15, -0.1) is 0 Å². The van der Waals surface area contributed by atoms with E-state index >= 15 is 0 Å². The van der Waals surface area contributed by atoms with Crippen LogP contribution < -0.4 is 0 Å². The van der Waals surface area contributed by atoms with Gasteiger partial charge in [0.2, 0.25) is 0 Å². The zero-order valence-electron chi connectivity index (χ0n) is 10.8. The Hall–Kier alpha value is -0.860. The van der Waals surface area contributed by atoms with Gasteiger partial charge in [0, 0.05) is 19.1 Å². The van der Waals surface area contributed by atoms with Crippen LogP contribution in [0.2, 0.25) is 0 Å². The van der Waals surface area contributed by atoms with Gasteiger partial charge < -0.3 is 5.11 Å². The molecule has 2 rings (SSSR count). The van der Waals surface area contributed by atoms with E-state index in [1.165, 1.54) is 5.56 Å². The highest BCUT2D eigenvalue weighted by Crippen LogP contribution is 2.26. The Balaban J connectivity index is 1.87. The summed E-state index contributed by atoms with van der Waals surface area (Å²) in [7, 11) is 0. The molecule has 0 bridgehead atoms. The molecule has 17 heavy (non-hydrogen) atoms. The van der Waals surface area contributed by atoms with E-state index in [1.807, 2.05) is 6.07 Å². The van der Waals surface area contributed by atoms with Crippen molar-refractivity contribution < 1.29 is 5.11 Å². The van der Waals surface area contributed by atoms with Gasteiger partial charge in [-0.2, -0.15) is 0 Å². The maximum absolute atomic E-state index is 9.51. The summed E-state index contributed by atoms with van der Waals surface area (Å²) in [6.45, 7) is 7.13. The van der Waals surface area contributed by atoms with Crippen LogP contribution >= 0.6 is 0 Å². The zero-order valence-corrected chi connectivity index (χ0v) is 10.8. The molecule has 1 atom stereocenters. The fourth-order valence-corrected chi connectivity index (χ4v) is 2.46. The molecule has 1 fully saturated rings. The van der Waals surface area contributed by atoms with Crippen LogP contribution in [0.15, 0.2) is 30.3 Å². The molecule has 0 saturated carbocycles. The van der Waals surface area contributed by atoms with E-state index in [1.54, 1.807) is 0 Å². The van der Waals surface area contributed by atoms with Crippen molar-refractivity contribution in [1.82, 2.24) is 4.90 Å². The second kappa shape index (κ2) is 5.65. The van der Waals surface area contributed by atoms with Crippen LogP contribution in [0.1, 0.15) is 19.4 Å². The molecule has 0 aromatic heterocycles. The third kappa shape index (κ3) is 3.08. The molecule has 1 N–H and O–H groups in total. The van der Waals surface area contributed by atoms with E-state index in [4.69, 9.17) is 0 Å². The van der Waals surface area contributed by atoms with Gasteiger partial charge in [0.25, 0.3) is 0 Å². The average molecular weight is 233 g/mol. The maximum atomic E-state index is 9.51. The summed E-state index contributed by atoms with van der Waals surface area (Å²) in [5, 5.41) is 9.51. The number of hydrogen-bond acceptors (Lipinski definition) is 2. The number of nitrogens with zero attached hydrogens (tertiary/aromatic N) is 1. The van der Waals surface area contributed by atoms with Gasteiger partial charge in [-0.25, -0.2) is 0 Å². The Morgan fingerprint density at radius 1 is 1.24 bits per heavy atom. The molecule has 1 saturated heterocycles. The highest BCUT2D eigenvalue weighted by molar-refractivity contribution is 5.16. The molecule has 1 aromatic carbocycles. The van der Waals surface area contributed by atoms with Gasteiger partial charge in [-0.1, -0.05) is 44.2 Å². The minimum Gasteiger partial charge on any atom is -0.395 e. The normalized spacial score (nSPS) is 19.3. The predicted octanol–water partition coefficient (Wildman–Crippen LogP) is 2.18. The van der Waals surface area contributed by atoms with Crippen molar-refractivity contribution in [3.8, 4) is 0 Å².